The molecule has 2 rings (SSSR count). The molecule has 1 aliphatic rings. The molecule has 0 amide bonds. The van der Waals surface area contributed by atoms with Crippen molar-refractivity contribution >= 4 is 22.6 Å². The molecule has 0 aliphatic carbocycles. The van der Waals surface area contributed by atoms with E-state index in [-0.39, 0.29) is 0 Å². The highest BCUT2D eigenvalue weighted by atomic mass is 127. The number of pyridine rings is 1. The summed E-state index contributed by atoms with van der Waals surface area (Å²) < 4.78 is 6.57. The number of nitrogens with zero attached hydrogens (tertiary/aromatic N) is 2. The van der Waals surface area contributed by atoms with Crippen LogP contribution in [0.4, 0.5) is 0 Å². The molecule has 1 aromatic heterocycles. The van der Waals surface area contributed by atoms with Crippen molar-refractivity contribution in [3.8, 4) is 5.88 Å². The SMILES string of the molecule is COc1nccc(I)c1CN1CCCCC1. The number of likely N-dealkylation sites (tertiary alicyclic amines) is 1. The molecular weight excluding hydrogens is 315 g/mol. The maximum atomic E-state index is 5.33. The van der Waals surface area contributed by atoms with E-state index in [4.69, 9.17) is 4.74 Å². The molecule has 0 saturated carbocycles. The van der Waals surface area contributed by atoms with Gasteiger partial charge in [-0.05, 0) is 54.6 Å². The number of halogens is 1. The van der Waals surface area contributed by atoms with Gasteiger partial charge in [0.15, 0.2) is 0 Å². The number of aromatic nitrogens is 1. The maximum Gasteiger partial charge on any atom is 0.218 e. The fourth-order valence-corrected chi connectivity index (χ4v) is 2.67. The minimum Gasteiger partial charge on any atom is -0.481 e. The highest BCUT2D eigenvalue weighted by Crippen LogP contribution is 2.24. The van der Waals surface area contributed by atoms with Gasteiger partial charge < -0.3 is 4.74 Å². The Labute approximate surface area is 110 Å². The van der Waals surface area contributed by atoms with Crippen LogP contribution in [0.15, 0.2) is 12.3 Å². The van der Waals surface area contributed by atoms with Crippen LogP contribution in [0.5, 0.6) is 5.88 Å². The topological polar surface area (TPSA) is 25.4 Å². The first kappa shape index (κ1) is 12.1. The lowest BCUT2D eigenvalue weighted by molar-refractivity contribution is 0.217. The van der Waals surface area contributed by atoms with Crippen molar-refractivity contribution in [2.45, 2.75) is 25.8 Å². The minimum absolute atomic E-state index is 0.775. The zero-order chi connectivity index (χ0) is 11.4. The molecular formula is C12H17IN2O. The summed E-state index contributed by atoms with van der Waals surface area (Å²) in [6.45, 7) is 3.37. The molecule has 4 heteroatoms. The van der Waals surface area contributed by atoms with Crippen molar-refractivity contribution in [3.63, 3.8) is 0 Å². The second kappa shape index (κ2) is 5.82. The van der Waals surface area contributed by atoms with Crippen LogP contribution in [-0.4, -0.2) is 30.1 Å². The number of ether oxygens (including phenoxy) is 1. The van der Waals surface area contributed by atoms with Crippen molar-refractivity contribution in [1.29, 1.82) is 0 Å². The first-order valence-corrected chi connectivity index (χ1v) is 6.79. The van der Waals surface area contributed by atoms with Crippen molar-refractivity contribution in [1.82, 2.24) is 9.88 Å². The number of hydrogen-bond donors (Lipinski definition) is 0. The standard InChI is InChI=1S/C12H17IN2O/c1-16-12-10(11(13)5-6-14-12)9-15-7-3-2-4-8-15/h5-6H,2-4,7-9H2,1H3. The van der Waals surface area contributed by atoms with Gasteiger partial charge in [0, 0.05) is 21.9 Å². The van der Waals surface area contributed by atoms with Gasteiger partial charge in [-0.25, -0.2) is 4.98 Å². The second-order valence-corrected chi connectivity index (χ2v) is 5.28. The van der Waals surface area contributed by atoms with E-state index < -0.39 is 0 Å². The normalized spacial score (nSPS) is 17.4. The Morgan fingerprint density at radius 1 is 1.38 bits per heavy atom. The van der Waals surface area contributed by atoms with Crippen LogP contribution in [0.3, 0.4) is 0 Å². The lowest BCUT2D eigenvalue weighted by atomic mass is 10.1. The zero-order valence-corrected chi connectivity index (χ0v) is 11.7. The molecule has 1 aromatic rings. The molecule has 3 nitrogen and oxygen atoms in total. The van der Waals surface area contributed by atoms with Crippen LogP contribution >= 0.6 is 22.6 Å². The summed E-state index contributed by atoms with van der Waals surface area (Å²) in [4.78, 5) is 6.76. The van der Waals surface area contributed by atoms with Gasteiger partial charge in [-0.3, -0.25) is 4.90 Å². The van der Waals surface area contributed by atoms with E-state index in [1.54, 1.807) is 13.3 Å². The van der Waals surface area contributed by atoms with E-state index in [1.165, 1.54) is 41.5 Å². The summed E-state index contributed by atoms with van der Waals surface area (Å²) in [5, 5.41) is 0. The summed E-state index contributed by atoms with van der Waals surface area (Å²) in [5.74, 6) is 0.775. The molecule has 88 valence electrons. The van der Waals surface area contributed by atoms with E-state index in [1.807, 2.05) is 6.07 Å². The van der Waals surface area contributed by atoms with Gasteiger partial charge in [0.05, 0.1) is 7.11 Å². The van der Waals surface area contributed by atoms with Gasteiger partial charge in [-0.2, -0.15) is 0 Å². The third-order valence-electron chi connectivity index (χ3n) is 2.98. The van der Waals surface area contributed by atoms with E-state index in [0.29, 0.717) is 0 Å². The smallest absolute Gasteiger partial charge is 0.218 e. The highest BCUT2D eigenvalue weighted by molar-refractivity contribution is 14.1. The summed E-state index contributed by atoms with van der Waals surface area (Å²) in [6.07, 6.45) is 5.82. The monoisotopic (exact) mass is 332 g/mol. The Balaban J connectivity index is 2.12. The maximum absolute atomic E-state index is 5.33. The Morgan fingerprint density at radius 3 is 2.81 bits per heavy atom. The van der Waals surface area contributed by atoms with Gasteiger partial charge in [-0.15, -0.1) is 0 Å². The fourth-order valence-electron chi connectivity index (χ4n) is 2.11. The van der Waals surface area contributed by atoms with Gasteiger partial charge in [-0.1, -0.05) is 6.42 Å². The summed E-state index contributed by atoms with van der Waals surface area (Å²) in [5.41, 5.74) is 1.23. The average Bonchev–Trinajstić information content (AvgIpc) is 2.33. The van der Waals surface area contributed by atoms with Crippen molar-refractivity contribution in [2.24, 2.45) is 0 Å². The molecule has 16 heavy (non-hydrogen) atoms. The molecule has 0 radical (unpaired) electrons. The van der Waals surface area contributed by atoms with Crippen LogP contribution in [0, 0.1) is 3.57 Å². The van der Waals surface area contributed by atoms with Gasteiger partial charge in [0.2, 0.25) is 5.88 Å². The van der Waals surface area contributed by atoms with E-state index in [0.717, 1.165) is 12.4 Å². The van der Waals surface area contributed by atoms with Gasteiger partial charge >= 0.3 is 0 Å². The molecule has 0 aromatic carbocycles. The van der Waals surface area contributed by atoms with E-state index in [2.05, 4.69) is 32.5 Å². The molecule has 0 bridgehead atoms. The predicted molar refractivity (Wildman–Crippen MR) is 72.6 cm³/mol. The molecule has 1 fully saturated rings. The Kier molecular flexibility index (Phi) is 4.40. The van der Waals surface area contributed by atoms with Crippen LogP contribution in [0.2, 0.25) is 0 Å². The van der Waals surface area contributed by atoms with Crippen LogP contribution < -0.4 is 4.74 Å². The molecule has 0 N–H and O–H groups in total. The highest BCUT2D eigenvalue weighted by Gasteiger charge is 2.15. The molecule has 1 saturated heterocycles. The molecule has 0 unspecified atom stereocenters. The Morgan fingerprint density at radius 2 is 2.12 bits per heavy atom. The second-order valence-electron chi connectivity index (χ2n) is 4.12. The number of piperidine rings is 1. The predicted octanol–water partition coefficient (Wildman–Crippen LogP) is 2.68. The third-order valence-corrected chi connectivity index (χ3v) is 3.99. The van der Waals surface area contributed by atoms with Gasteiger partial charge in [0.1, 0.15) is 0 Å². The van der Waals surface area contributed by atoms with Crippen molar-refractivity contribution < 1.29 is 4.74 Å². The average molecular weight is 332 g/mol. The molecule has 1 aliphatic heterocycles. The summed E-state index contributed by atoms with van der Waals surface area (Å²) in [7, 11) is 1.69. The van der Waals surface area contributed by atoms with E-state index >= 15 is 0 Å². The van der Waals surface area contributed by atoms with Crippen molar-refractivity contribution in [2.75, 3.05) is 20.2 Å². The molecule has 2 heterocycles. The van der Waals surface area contributed by atoms with E-state index in [9.17, 15) is 0 Å². The number of methoxy groups -OCH3 is 1. The fraction of sp³-hybridized carbons (Fsp3) is 0.583. The summed E-state index contributed by atoms with van der Waals surface area (Å²) >= 11 is 2.36. The minimum atomic E-state index is 0.775. The lowest BCUT2D eigenvalue weighted by Gasteiger charge is -2.27. The lowest BCUT2D eigenvalue weighted by Crippen LogP contribution is -2.29. The number of rotatable bonds is 3. The first-order chi connectivity index (χ1) is 7.81. The Bertz CT molecular complexity index is 351. The largest absolute Gasteiger partial charge is 0.481 e. The quantitative estimate of drug-likeness (QED) is 0.796. The first-order valence-electron chi connectivity index (χ1n) is 5.71. The molecule has 0 spiro atoms. The Hall–Kier alpha value is -0.360. The molecule has 0 atom stereocenters. The zero-order valence-electron chi connectivity index (χ0n) is 9.58. The third kappa shape index (κ3) is 2.85. The van der Waals surface area contributed by atoms with Gasteiger partial charge in [0.25, 0.3) is 0 Å². The summed E-state index contributed by atoms with van der Waals surface area (Å²) in [6, 6.07) is 2.04. The van der Waals surface area contributed by atoms with Crippen molar-refractivity contribution in [3.05, 3.63) is 21.4 Å². The number of hydrogen-bond acceptors (Lipinski definition) is 3. The van der Waals surface area contributed by atoms with Crippen LogP contribution in [0.25, 0.3) is 0 Å². The van der Waals surface area contributed by atoms with Crippen LogP contribution in [-0.2, 0) is 6.54 Å². The van der Waals surface area contributed by atoms with Crippen LogP contribution in [0.1, 0.15) is 24.8 Å².